The second-order valence-corrected chi connectivity index (χ2v) is 8.98. The second kappa shape index (κ2) is 9.28. The summed E-state index contributed by atoms with van der Waals surface area (Å²) in [5.74, 6) is 0.533. The van der Waals surface area contributed by atoms with Crippen LogP contribution in [0.3, 0.4) is 0 Å². The van der Waals surface area contributed by atoms with E-state index in [1.807, 2.05) is 30.3 Å². The molecule has 2 heterocycles. The predicted molar refractivity (Wildman–Crippen MR) is 132 cm³/mol. The molecule has 1 amide bonds. The first-order valence-corrected chi connectivity index (χ1v) is 11.1. The number of aliphatic hydroxyl groups is 1. The summed E-state index contributed by atoms with van der Waals surface area (Å²) in [6.07, 6.45) is 2.34. The van der Waals surface area contributed by atoms with Crippen LogP contribution in [0.5, 0.6) is 5.75 Å². The Kier molecular flexibility index (Phi) is 6.41. The van der Waals surface area contributed by atoms with E-state index in [0.29, 0.717) is 17.0 Å². The van der Waals surface area contributed by atoms with Crippen LogP contribution in [0, 0.1) is 0 Å². The molecule has 0 radical (unpaired) electrons. The molecule has 9 heteroatoms. The summed E-state index contributed by atoms with van der Waals surface area (Å²) in [6, 6.07) is 11.4. The Morgan fingerprint density at radius 1 is 1.18 bits per heavy atom. The molecule has 3 aromatic rings. The number of hydrogen-bond acceptors (Lipinski definition) is 8. The Labute approximate surface area is 199 Å². The van der Waals surface area contributed by atoms with Crippen LogP contribution in [-0.4, -0.2) is 46.6 Å². The first-order valence-electron chi connectivity index (χ1n) is 11.1. The lowest BCUT2D eigenvalue weighted by atomic mass is 9.96. The van der Waals surface area contributed by atoms with Crippen LogP contribution in [0.1, 0.15) is 40.9 Å². The Hall–Kier alpha value is -3.69. The third-order valence-corrected chi connectivity index (χ3v) is 5.86. The van der Waals surface area contributed by atoms with E-state index in [1.165, 1.54) is 17.3 Å². The predicted octanol–water partition coefficient (Wildman–Crippen LogP) is 3.29. The lowest BCUT2D eigenvalue weighted by molar-refractivity contribution is 0.0793. The average molecular weight is 463 g/mol. The Balaban J connectivity index is 1.70. The number of primary amides is 1. The van der Waals surface area contributed by atoms with Gasteiger partial charge in [0.25, 0.3) is 5.91 Å². The van der Waals surface area contributed by atoms with E-state index in [0.717, 1.165) is 25.2 Å². The first-order chi connectivity index (χ1) is 16.2. The highest BCUT2D eigenvalue weighted by atomic mass is 16.5. The number of methoxy groups -OCH3 is 1. The van der Waals surface area contributed by atoms with Crippen molar-refractivity contribution in [3.05, 3.63) is 64.8 Å². The SMILES string of the molecule is COc1cc2c(cc1Nc1ncc(C(N)=O)c(Nc3ccccc3C(C)(C)O)n1)CN(C)CC2. The fourth-order valence-electron chi connectivity index (χ4n) is 4.09. The van der Waals surface area contributed by atoms with Gasteiger partial charge in [0.15, 0.2) is 0 Å². The van der Waals surface area contributed by atoms with Gasteiger partial charge in [-0.2, -0.15) is 4.98 Å². The molecule has 9 nitrogen and oxygen atoms in total. The molecule has 0 aliphatic carbocycles. The van der Waals surface area contributed by atoms with Crippen LogP contribution in [0.15, 0.2) is 42.6 Å². The molecule has 2 aromatic carbocycles. The quantitative estimate of drug-likeness (QED) is 0.421. The molecular weight excluding hydrogens is 432 g/mol. The summed E-state index contributed by atoms with van der Waals surface area (Å²) in [6.45, 7) is 5.22. The van der Waals surface area contributed by atoms with Gasteiger partial charge < -0.3 is 31.1 Å². The molecule has 1 aliphatic rings. The molecule has 4 rings (SSSR count). The third-order valence-electron chi connectivity index (χ3n) is 5.86. The Bertz CT molecular complexity index is 1220. The number of anilines is 4. The highest BCUT2D eigenvalue weighted by Crippen LogP contribution is 2.34. The van der Waals surface area contributed by atoms with Crippen LogP contribution in [0.2, 0.25) is 0 Å². The van der Waals surface area contributed by atoms with E-state index in [-0.39, 0.29) is 17.3 Å². The van der Waals surface area contributed by atoms with Crippen LogP contribution >= 0.6 is 0 Å². The van der Waals surface area contributed by atoms with Crippen molar-refractivity contribution in [3.8, 4) is 5.75 Å². The number of rotatable bonds is 7. The third kappa shape index (κ3) is 4.95. The number of carbonyl (C=O) groups is 1. The summed E-state index contributed by atoms with van der Waals surface area (Å²) < 4.78 is 5.60. The number of carbonyl (C=O) groups excluding carboxylic acids is 1. The zero-order valence-electron chi connectivity index (χ0n) is 19.8. The smallest absolute Gasteiger partial charge is 0.254 e. The minimum Gasteiger partial charge on any atom is -0.495 e. The van der Waals surface area contributed by atoms with Gasteiger partial charge in [-0.1, -0.05) is 18.2 Å². The van der Waals surface area contributed by atoms with Gasteiger partial charge in [0.1, 0.15) is 17.1 Å². The van der Waals surface area contributed by atoms with E-state index in [1.54, 1.807) is 27.0 Å². The van der Waals surface area contributed by atoms with E-state index < -0.39 is 11.5 Å². The summed E-state index contributed by atoms with van der Waals surface area (Å²) in [5.41, 5.74) is 9.07. The zero-order valence-corrected chi connectivity index (χ0v) is 19.8. The van der Waals surface area contributed by atoms with Gasteiger partial charge in [0.2, 0.25) is 5.95 Å². The summed E-state index contributed by atoms with van der Waals surface area (Å²) in [7, 11) is 3.72. The van der Waals surface area contributed by atoms with E-state index in [4.69, 9.17) is 10.5 Å². The van der Waals surface area contributed by atoms with E-state index in [2.05, 4.69) is 32.5 Å². The molecule has 1 aliphatic heterocycles. The molecule has 0 bridgehead atoms. The Morgan fingerprint density at radius 3 is 2.65 bits per heavy atom. The van der Waals surface area contributed by atoms with Gasteiger partial charge in [0, 0.05) is 30.5 Å². The van der Waals surface area contributed by atoms with Crippen molar-refractivity contribution in [1.82, 2.24) is 14.9 Å². The minimum atomic E-state index is -1.10. The van der Waals surface area contributed by atoms with Gasteiger partial charge in [0.05, 0.1) is 18.4 Å². The van der Waals surface area contributed by atoms with Gasteiger partial charge in [-0.3, -0.25) is 4.79 Å². The normalized spacial score (nSPS) is 13.8. The van der Waals surface area contributed by atoms with Crippen LogP contribution < -0.4 is 21.1 Å². The van der Waals surface area contributed by atoms with Gasteiger partial charge in [-0.05, 0) is 56.6 Å². The molecule has 0 saturated carbocycles. The van der Waals surface area contributed by atoms with E-state index >= 15 is 0 Å². The number of fused-ring (bicyclic) bond motifs is 1. The van der Waals surface area contributed by atoms with Crippen molar-refractivity contribution in [2.24, 2.45) is 5.73 Å². The number of likely N-dealkylation sites (N-methyl/N-ethyl adjacent to an activating group) is 1. The lowest BCUT2D eigenvalue weighted by Gasteiger charge is -2.26. The molecule has 0 fully saturated rings. The molecule has 0 unspecified atom stereocenters. The number of nitrogens with two attached hydrogens (primary N) is 1. The monoisotopic (exact) mass is 462 g/mol. The number of ether oxygens (including phenoxy) is 1. The topological polar surface area (TPSA) is 126 Å². The largest absolute Gasteiger partial charge is 0.495 e. The van der Waals surface area contributed by atoms with Gasteiger partial charge >= 0.3 is 0 Å². The maximum Gasteiger partial charge on any atom is 0.254 e. The molecule has 0 spiro atoms. The van der Waals surface area contributed by atoms with Gasteiger partial charge in [-0.15, -0.1) is 0 Å². The number of amides is 1. The molecular formula is C25H30N6O3. The molecule has 34 heavy (non-hydrogen) atoms. The molecule has 1 aromatic heterocycles. The Morgan fingerprint density at radius 2 is 1.94 bits per heavy atom. The lowest BCUT2D eigenvalue weighted by Crippen LogP contribution is -2.26. The van der Waals surface area contributed by atoms with Crippen molar-refractivity contribution >= 4 is 29.0 Å². The first kappa shape index (κ1) is 23.5. The highest BCUT2D eigenvalue weighted by Gasteiger charge is 2.22. The number of hydrogen-bond donors (Lipinski definition) is 4. The molecule has 0 saturated heterocycles. The average Bonchev–Trinajstić information content (AvgIpc) is 2.78. The summed E-state index contributed by atoms with van der Waals surface area (Å²) >= 11 is 0. The van der Waals surface area contributed by atoms with Crippen molar-refractivity contribution in [2.75, 3.05) is 31.3 Å². The van der Waals surface area contributed by atoms with Crippen molar-refractivity contribution in [3.63, 3.8) is 0 Å². The number of nitrogens with one attached hydrogen (secondary N) is 2. The summed E-state index contributed by atoms with van der Waals surface area (Å²) in [4.78, 5) is 23.1. The van der Waals surface area contributed by atoms with Crippen molar-refractivity contribution < 1.29 is 14.6 Å². The standard InChI is InChI=1S/C25H30N6O3/c1-25(2,33)18-7-5-6-8-19(18)28-23-17(22(26)32)13-27-24(30-23)29-20-11-16-14-31(3)10-9-15(16)12-21(20)34-4/h5-8,11-13,33H,9-10,14H2,1-4H3,(H2,26,32)(H2,27,28,29,30). The number of para-hydroxylation sites is 1. The summed E-state index contributed by atoms with van der Waals surface area (Å²) in [5, 5.41) is 16.9. The van der Waals surface area contributed by atoms with Gasteiger partial charge in [-0.25, -0.2) is 4.98 Å². The molecule has 178 valence electrons. The molecule has 5 N–H and O–H groups in total. The van der Waals surface area contributed by atoms with Crippen LogP contribution in [0.4, 0.5) is 23.1 Å². The fraction of sp³-hybridized carbons (Fsp3) is 0.320. The number of nitrogens with zero attached hydrogens (tertiary/aromatic N) is 3. The minimum absolute atomic E-state index is 0.134. The fourth-order valence-corrected chi connectivity index (χ4v) is 4.09. The maximum atomic E-state index is 12.1. The number of aromatic nitrogens is 2. The maximum absolute atomic E-state index is 12.1. The van der Waals surface area contributed by atoms with E-state index in [9.17, 15) is 9.90 Å². The highest BCUT2D eigenvalue weighted by molar-refractivity contribution is 5.98. The van der Waals surface area contributed by atoms with Crippen LogP contribution in [-0.2, 0) is 18.6 Å². The second-order valence-electron chi connectivity index (χ2n) is 8.98. The van der Waals surface area contributed by atoms with Crippen molar-refractivity contribution in [2.45, 2.75) is 32.4 Å². The number of benzene rings is 2. The zero-order chi connectivity index (χ0) is 24.5. The van der Waals surface area contributed by atoms with Crippen molar-refractivity contribution in [1.29, 1.82) is 0 Å². The van der Waals surface area contributed by atoms with Crippen LogP contribution in [0.25, 0.3) is 0 Å². The molecule has 0 atom stereocenters.